The molecular weight excluding hydrogens is 252 g/mol. The lowest BCUT2D eigenvalue weighted by Gasteiger charge is -2.04. The first-order valence-electron chi connectivity index (χ1n) is 5.53. The lowest BCUT2D eigenvalue weighted by atomic mass is 10.1. The molecule has 0 radical (unpaired) electrons. The lowest BCUT2D eigenvalue weighted by molar-refractivity contribution is -0.137. The van der Waals surface area contributed by atoms with E-state index in [9.17, 15) is 13.2 Å². The summed E-state index contributed by atoms with van der Waals surface area (Å²) in [5.41, 5.74) is 1.37. The molecule has 0 heterocycles. The molecule has 0 atom stereocenters. The van der Waals surface area contributed by atoms with Crippen molar-refractivity contribution in [1.82, 2.24) is 0 Å². The second-order valence-corrected chi connectivity index (χ2v) is 5.99. The summed E-state index contributed by atoms with van der Waals surface area (Å²) in [5, 5.41) is 0. The molecule has 0 aromatic heterocycles. The fourth-order valence-corrected chi connectivity index (χ4v) is 2.29. The van der Waals surface area contributed by atoms with Gasteiger partial charge in [0.05, 0.1) is 12.4 Å². The van der Waals surface area contributed by atoms with Gasteiger partial charge in [-0.05, 0) is 24.1 Å². The summed E-state index contributed by atoms with van der Waals surface area (Å²) in [7, 11) is -3.10. The van der Waals surface area contributed by atoms with Gasteiger partial charge in [0.2, 0.25) is 0 Å². The van der Waals surface area contributed by atoms with Gasteiger partial charge in [0, 0.05) is 12.3 Å². The summed E-state index contributed by atoms with van der Waals surface area (Å²) < 4.78 is 27.3. The number of carbonyl (C=O) groups excluding carboxylic acids is 1. The minimum absolute atomic E-state index is 0.0453. The average Bonchev–Trinajstić information content (AvgIpc) is 2.26. The van der Waals surface area contributed by atoms with E-state index in [0.717, 1.165) is 0 Å². The van der Waals surface area contributed by atoms with Gasteiger partial charge in [-0.2, -0.15) is 0 Å². The van der Waals surface area contributed by atoms with Crippen LogP contribution in [0.25, 0.3) is 6.08 Å². The molecule has 0 fully saturated rings. The maximum Gasteiger partial charge on any atom is 0.330 e. The van der Waals surface area contributed by atoms with Crippen molar-refractivity contribution in [3.8, 4) is 0 Å². The highest BCUT2D eigenvalue weighted by molar-refractivity contribution is 7.89. The van der Waals surface area contributed by atoms with Gasteiger partial charge in [0.25, 0.3) is 0 Å². The molecule has 0 saturated heterocycles. The van der Waals surface area contributed by atoms with Gasteiger partial charge in [-0.3, -0.25) is 0 Å². The summed E-state index contributed by atoms with van der Waals surface area (Å²) in [6.45, 7) is 2.04. The quantitative estimate of drug-likeness (QED) is 0.603. The van der Waals surface area contributed by atoms with E-state index in [0.29, 0.717) is 17.7 Å². The van der Waals surface area contributed by atoms with Crippen LogP contribution in [-0.4, -0.2) is 27.2 Å². The van der Waals surface area contributed by atoms with E-state index < -0.39 is 15.8 Å². The van der Waals surface area contributed by atoms with Gasteiger partial charge in [-0.1, -0.05) is 24.3 Å². The van der Waals surface area contributed by atoms with E-state index in [-0.39, 0.29) is 5.75 Å². The predicted octanol–water partition coefficient (Wildman–Crippen LogP) is 1.81. The summed E-state index contributed by atoms with van der Waals surface area (Å²) >= 11 is 0. The van der Waals surface area contributed by atoms with Gasteiger partial charge in [0.1, 0.15) is 0 Å². The Morgan fingerprint density at radius 2 is 2.00 bits per heavy atom. The summed E-state index contributed by atoms with van der Waals surface area (Å²) in [4.78, 5) is 11.2. The van der Waals surface area contributed by atoms with Gasteiger partial charge in [-0.25, -0.2) is 13.2 Å². The van der Waals surface area contributed by atoms with Crippen LogP contribution in [0.3, 0.4) is 0 Å². The van der Waals surface area contributed by atoms with Crippen molar-refractivity contribution in [3.05, 3.63) is 41.5 Å². The number of rotatable bonds is 5. The highest BCUT2D eigenvalue weighted by Crippen LogP contribution is 2.13. The summed E-state index contributed by atoms with van der Waals surface area (Å²) in [6, 6.07) is 7.04. The zero-order chi connectivity index (χ0) is 13.6. The molecule has 0 unspecified atom stereocenters. The third kappa shape index (κ3) is 5.14. The Kier molecular flexibility index (Phi) is 5.09. The van der Waals surface area contributed by atoms with E-state index in [2.05, 4.69) is 0 Å². The number of carbonyl (C=O) groups is 1. The molecule has 0 bridgehead atoms. The van der Waals surface area contributed by atoms with Crippen LogP contribution < -0.4 is 0 Å². The fraction of sp³-hybridized carbons (Fsp3) is 0.308. The molecule has 4 nitrogen and oxygen atoms in total. The maximum atomic E-state index is 11.3. The molecular formula is C13H16O4S. The Morgan fingerprint density at radius 1 is 1.33 bits per heavy atom. The second-order valence-electron chi connectivity index (χ2n) is 3.85. The van der Waals surface area contributed by atoms with Crippen molar-refractivity contribution in [1.29, 1.82) is 0 Å². The van der Waals surface area contributed by atoms with E-state index in [1.54, 1.807) is 37.3 Å². The molecule has 18 heavy (non-hydrogen) atoms. The van der Waals surface area contributed by atoms with Gasteiger partial charge in [0.15, 0.2) is 9.84 Å². The monoisotopic (exact) mass is 268 g/mol. The first-order chi connectivity index (χ1) is 8.42. The summed E-state index contributed by atoms with van der Waals surface area (Å²) in [5.74, 6) is -0.484. The molecule has 0 spiro atoms. The Hall–Kier alpha value is -1.62. The Bertz CT molecular complexity index is 544. The Balaban J connectivity index is 2.92. The highest BCUT2D eigenvalue weighted by Gasteiger charge is 2.07. The molecule has 0 aliphatic heterocycles. The van der Waals surface area contributed by atoms with Crippen molar-refractivity contribution in [2.75, 3.05) is 12.9 Å². The van der Waals surface area contributed by atoms with Crippen LogP contribution in [0.5, 0.6) is 0 Å². The smallest absolute Gasteiger partial charge is 0.330 e. The molecule has 0 saturated carbocycles. The van der Waals surface area contributed by atoms with Crippen molar-refractivity contribution >= 4 is 21.9 Å². The van der Waals surface area contributed by atoms with Crippen LogP contribution in [0.1, 0.15) is 18.1 Å². The maximum absolute atomic E-state index is 11.3. The van der Waals surface area contributed by atoms with E-state index in [1.165, 1.54) is 12.3 Å². The zero-order valence-corrected chi connectivity index (χ0v) is 11.2. The van der Waals surface area contributed by atoms with Gasteiger partial charge in [-0.15, -0.1) is 0 Å². The number of benzene rings is 1. The number of ether oxygens (including phenoxy) is 1. The zero-order valence-electron chi connectivity index (χ0n) is 10.4. The Labute approximate surface area is 107 Å². The minimum atomic E-state index is -3.10. The predicted molar refractivity (Wildman–Crippen MR) is 70.7 cm³/mol. The second kappa shape index (κ2) is 6.35. The van der Waals surface area contributed by atoms with Gasteiger partial charge < -0.3 is 4.74 Å². The van der Waals surface area contributed by atoms with Crippen molar-refractivity contribution < 1.29 is 17.9 Å². The molecule has 98 valence electrons. The third-order valence-corrected chi connectivity index (χ3v) is 2.99. The van der Waals surface area contributed by atoms with Crippen LogP contribution >= 0.6 is 0 Å². The van der Waals surface area contributed by atoms with Crippen LogP contribution in [0, 0.1) is 0 Å². The molecule has 0 aliphatic carbocycles. The fourth-order valence-electron chi connectivity index (χ4n) is 1.46. The molecule has 1 aromatic carbocycles. The number of hydrogen-bond acceptors (Lipinski definition) is 4. The summed E-state index contributed by atoms with van der Waals surface area (Å²) in [6.07, 6.45) is 4.04. The highest BCUT2D eigenvalue weighted by atomic mass is 32.2. The third-order valence-electron chi connectivity index (χ3n) is 2.16. The minimum Gasteiger partial charge on any atom is -0.463 e. The van der Waals surface area contributed by atoms with Crippen molar-refractivity contribution in [3.63, 3.8) is 0 Å². The first-order valence-corrected chi connectivity index (χ1v) is 7.59. The van der Waals surface area contributed by atoms with E-state index in [4.69, 9.17) is 4.74 Å². The Morgan fingerprint density at radius 3 is 2.61 bits per heavy atom. The standard InChI is InChI=1S/C13H16O4S/c1-3-17-13(14)9-8-11-6-4-5-7-12(11)10-18(2,15)16/h4-9H,3,10H2,1-2H3. The molecule has 1 rings (SSSR count). The van der Waals surface area contributed by atoms with Crippen LogP contribution in [-0.2, 0) is 25.1 Å². The van der Waals surface area contributed by atoms with E-state index in [1.807, 2.05) is 0 Å². The molecule has 0 aliphatic rings. The van der Waals surface area contributed by atoms with Crippen LogP contribution in [0.15, 0.2) is 30.3 Å². The SMILES string of the molecule is CCOC(=O)C=Cc1ccccc1CS(C)(=O)=O. The molecule has 1 aromatic rings. The first kappa shape index (κ1) is 14.4. The van der Waals surface area contributed by atoms with Crippen LogP contribution in [0.2, 0.25) is 0 Å². The number of hydrogen-bond donors (Lipinski definition) is 0. The average molecular weight is 268 g/mol. The lowest BCUT2D eigenvalue weighted by Crippen LogP contribution is -2.03. The van der Waals surface area contributed by atoms with Crippen molar-refractivity contribution in [2.45, 2.75) is 12.7 Å². The van der Waals surface area contributed by atoms with Crippen molar-refractivity contribution in [2.24, 2.45) is 0 Å². The molecule has 5 heteroatoms. The normalized spacial score (nSPS) is 11.7. The van der Waals surface area contributed by atoms with E-state index >= 15 is 0 Å². The molecule has 0 N–H and O–H groups in total. The number of sulfone groups is 1. The topological polar surface area (TPSA) is 60.4 Å². The largest absolute Gasteiger partial charge is 0.463 e. The number of esters is 1. The van der Waals surface area contributed by atoms with Gasteiger partial charge >= 0.3 is 5.97 Å². The molecule has 0 amide bonds. The van der Waals surface area contributed by atoms with Crippen LogP contribution in [0.4, 0.5) is 0 Å².